The summed E-state index contributed by atoms with van der Waals surface area (Å²) in [5, 5.41) is 19.9. The fourth-order valence-electron chi connectivity index (χ4n) is 3.80. The Kier molecular flexibility index (Phi) is 18.4. The third-order valence-electron chi connectivity index (χ3n) is 5.79. The van der Waals surface area contributed by atoms with Crippen molar-refractivity contribution in [2.24, 2.45) is 0 Å². The quantitative estimate of drug-likeness (QED) is 0.200. The van der Waals surface area contributed by atoms with E-state index in [-0.39, 0.29) is 0 Å². The van der Waals surface area contributed by atoms with E-state index in [1.54, 1.807) is 0 Å². The molecule has 3 nitrogen and oxygen atoms in total. The van der Waals surface area contributed by atoms with Crippen LogP contribution in [0, 0.1) is 0 Å². The molecule has 162 valence electrons. The Balaban J connectivity index is 3.62. The molecule has 1 unspecified atom stereocenters. The van der Waals surface area contributed by atoms with Crippen LogP contribution in [-0.4, -0.2) is 21.8 Å². The molecule has 0 aromatic rings. The van der Waals surface area contributed by atoms with Crippen molar-refractivity contribution in [2.45, 2.75) is 148 Å². The van der Waals surface area contributed by atoms with Crippen LogP contribution < -0.4 is 0 Å². The van der Waals surface area contributed by atoms with Crippen LogP contribution in [0.5, 0.6) is 0 Å². The molecule has 1 atom stereocenters. The van der Waals surface area contributed by atoms with Crippen molar-refractivity contribution in [3.05, 3.63) is 0 Å². The number of rotatable bonds is 21. The Hall–Kier alpha value is -0.570. The minimum atomic E-state index is -1.50. The third kappa shape index (κ3) is 16.1. The lowest BCUT2D eigenvalue weighted by molar-refractivity contribution is -0.160. The predicted octanol–water partition coefficient (Wildman–Crippen LogP) is 7.64. The van der Waals surface area contributed by atoms with Crippen molar-refractivity contribution >= 4 is 5.97 Å². The zero-order valence-electron chi connectivity index (χ0n) is 18.4. The summed E-state index contributed by atoms with van der Waals surface area (Å²) < 4.78 is 0. The van der Waals surface area contributed by atoms with Gasteiger partial charge in [0.15, 0.2) is 5.60 Å². The van der Waals surface area contributed by atoms with Gasteiger partial charge in [-0.15, -0.1) is 0 Å². The van der Waals surface area contributed by atoms with E-state index in [2.05, 4.69) is 13.8 Å². The van der Waals surface area contributed by atoms with Crippen LogP contribution in [0.2, 0.25) is 0 Å². The average molecular weight is 385 g/mol. The van der Waals surface area contributed by atoms with Crippen LogP contribution in [0.4, 0.5) is 0 Å². The Bertz CT molecular complexity index is 330. The number of carboxylic acid groups (broad SMARTS) is 1. The van der Waals surface area contributed by atoms with E-state index in [9.17, 15) is 15.0 Å². The summed E-state index contributed by atoms with van der Waals surface area (Å²) >= 11 is 0. The molecule has 0 heterocycles. The number of carbonyl (C=O) groups is 1. The highest BCUT2D eigenvalue weighted by molar-refractivity contribution is 5.76. The lowest BCUT2D eigenvalue weighted by Gasteiger charge is -2.23. The van der Waals surface area contributed by atoms with E-state index in [4.69, 9.17) is 0 Å². The molecule has 2 N–H and O–H groups in total. The second-order valence-electron chi connectivity index (χ2n) is 8.49. The van der Waals surface area contributed by atoms with Gasteiger partial charge in [0.2, 0.25) is 0 Å². The Morgan fingerprint density at radius 2 is 0.815 bits per heavy atom. The van der Waals surface area contributed by atoms with Crippen LogP contribution in [0.1, 0.15) is 142 Å². The minimum Gasteiger partial charge on any atom is -0.479 e. The standard InChI is InChI=1S/C24H48O3/c1-3-5-7-9-11-12-13-14-15-16-18-20-22-24(27,23(25)26)21-19-17-10-8-6-4-2/h27H,3-22H2,1-2H3,(H,25,26). The largest absolute Gasteiger partial charge is 0.479 e. The van der Waals surface area contributed by atoms with Gasteiger partial charge < -0.3 is 10.2 Å². The van der Waals surface area contributed by atoms with Crippen molar-refractivity contribution in [2.75, 3.05) is 0 Å². The highest BCUT2D eigenvalue weighted by Crippen LogP contribution is 2.24. The molecule has 27 heavy (non-hydrogen) atoms. The van der Waals surface area contributed by atoms with Crippen molar-refractivity contribution < 1.29 is 15.0 Å². The molecular formula is C24H48O3. The van der Waals surface area contributed by atoms with Gasteiger partial charge in [0, 0.05) is 0 Å². The lowest BCUT2D eigenvalue weighted by Crippen LogP contribution is -2.38. The first-order valence-electron chi connectivity index (χ1n) is 12.0. The van der Waals surface area contributed by atoms with Crippen molar-refractivity contribution in [3.63, 3.8) is 0 Å². The monoisotopic (exact) mass is 384 g/mol. The van der Waals surface area contributed by atoms with Crippen molar-refractivity contribution in [1.82, 2.24) is 0 Å². The molecule has 0 saturated heterocycles. The first kappa shape index (κ1) is 26.4. The summed E-state index contributed by atoms with van der Waals surface area (Å²) in [5.74, 6) is -1.03. The van der Waals surface area contributed by atoms with E-state index >= 15 is 0 Å². The summed E-state index contributed by atoms with van der Waals surface area (Å²) in [4.78, 5) is 11.5. The zero-order chi connectivity index (χ0) is 20.2. The molecule has 0 aliphatic rings. The molecule has 0 aromatic heterocycles. The highest BCUT2D eigenvalue weighted by atomic mass is 16.4. The molecule has 0 aromatic carbocycles. The summed E-state index contributed by atoms with van der Waals surface area (Å²) in [6.07, 6.45) is 22.7. The molecule has 0 saturated carbocycles. The molecule has 0 aliphatic heterocycles. The summed E-state index contributed by atoms with van der Waals surface area (Å²) in [6.45, 7) is 4.45. The Morgan fingerprint density at radius 1 is 0.556 bits per heavy atom. The maximum Gasteiger partial charge on any atom is 0.335 e. The van der Waals surface area contributed by atoms with Gasteiger partial charge in [-0.05, 0) is 25.7 Å². The Morgan fingerprint density at radius 3 is 1.07 bits per heavy atom. The second-order valence-corrected chi connectivity index (χ2v) is 8.49. The van der Waals surface area contributed by atoms with Gasteiger partial charge >= 0.3 is 5.97 Å². The molecule has 0 aliphatic carbocycles. The number of aliphatic carboxylic acids is 1. The molecule has 0 fully saturated rings. The molecule has 0 amide bonds. The SMILES string of the molecule is CCCCCCCCCCCCCCC(O)(CCCCCCCC)C(=O)O. The van der Waals surface area contributed by atoms with Gasteiger partial charge in [-0.1, -0.05) is 117 Å². The topological polar surface area (TPSA) is 57.5 Å². The summed E-state index contributed by atoms with van der Waals surface area (Å²) in [7, 11) is 0. The van der Waals surface area contributed by atoms with Crippen LogP contribution in [-0.2, 0) is 4.79 Å². The zero-order valence-corrected chi connectivity index (χ0v) is 18.4. The van der Waals surface area contributed by atoms with E-state index in [0.29, 0.717) is 12.8 Å². The fraction of sp³-hybridized carbons (Fsp3) is 0.958. The number of aliphatic hydroxyl groups is 1. The first-order chi connectivity index (χ1) is 13.1. The van der Waals surface area contributed by atoms with Crippen molar-refractivity contribution in [3.8, 4) is 0 Å². The van der Waals surface area contributed by atoms with Gasteiger partial charge in [-0.25, -0.2) is 4.79 Å². The van der Waals surface area contributed by atoms with Gasteiger partial charge in [0.05, 0.1) is 0 Å². The lowest BCUT2D eigenvalue weighted by atomic mass is 9.89. The van der Waals surface area contributed by atoms with Gasteiger partial charge in [0.25, 0.3) is 0 Å². The van der Waals surface area contributed by atoms with E-state index in [0.717, 1.165) is 32.1 Å². The molecule has 0 rings (SSSR count). The van der Waals surface area contributed by atoms with Crippen molar-refractivity contribution in [1.29, 1.82) is 0 Å². The number of carboxylic acids is 1. The van der Waals surface area contributed by atoms with Crippen LogP contribution in [0.25, 0.3) is 0 Å². The van der Waals surface area contributed by atoms with Crippen LogP contribution in [0.3, 0.4) is 0 Å². The van der Waals surface area contributed by atoms with E-state index in [1.165, 1.54) is 83.5 Å². The average Bonchev–Trinajstić information content (AvgIpc) is 2.65. The second kappa shape index (κ2) is 18.8. The number of hydrogen-bond donors (Lipinski definition) is 2. The van der Waals surface area contributed by atoms with E-state index in [1.807, 2.05) is 0 Å². The maximum atomic E-state index is 11.5. The molecular weight excluding hydrogens is 336 g/mol. The fourth-order valence-corrected chi connectivity index (χ4v) is 3.80. The van der Waals surface area contributed by atoms with Gasteiger partial charge in [-0.2, -0.15) is 0 Å². The maximum absolute atomic E-state index is 11.5. The molecule has 0 radical (unpaired) electrons. The summed E-state index contributed by atoms with van der Waals surface area (Å²) in [5.41, 5.74) is -1.50. The predicted molar refractivity (Wildman–Crippen MR) is 116 cm³/mol. The third-order valence-corrected chi connectivity index (χ3v) is 5.79. The summed E-state index contributed by atoms with van der Waals surface area (Å²) in [6, 6.07) is 0. The minimum absolute atomic E-state index is 0.409. The van der Waals surface area contributed by atoms with E-state index < -0.39 is 11.6 Å². The van der Waals surface area contributed by atoms with Gasteiger partial charge in [0.1, 0.15) is 0 Å². The highest BCUT2D eigenvalue weighted by Gasteiger charge is 2.34. The molecule has 3 heteroatoms. The molecule has 0 bridgehead atoms. The molecule has 0 spiro atoms. The van der Waals surface area contributed by atoms with Crippen LogP contribution in [0.15, 0.2) is 0 Å². The van der Waals surface area contributed by atoms with Gasteiger partial charge in [-0.3, -0.25) is 0 Å². The first-order valence-corrected chi connectivity index (χ1v) is 12.0. The van der Waals surface area contributed by atoms with Crippen LogP contribution >= 0.6 is 0 Å². The Labute approximate surface area is 169 Å². The normalized spacial score (nSPS) is 13.6. The number of hydrogen-bond acceptors (Lipinski definition) is 2. The number of unbranched alkanes of at least 4 members (excludes halogenated alkanes) is 16. The smallest absolute Gasteiger partial charge is 0.335 e.